The number of aliphatic hydroxyl groups excluding tert-OH is 2. The summed E-state index contributed by atoms with van der Waals surface area (Å²) in [4.78, 5) is 97.4. The van der Waals surface area contributed by atoms with E-state index in [2.05, 4.69) is 47.1 Å². The van der Waals surface area contributed by atoms with Crippen molar-refractivity contribution in [3.05, 3.63) is 104 Å². The highest BCUT2D eigenvalue weighted by atomic mass is 35.5. The Labute approximate surface area is 452 Å². The number of halogens is 1. The average molecular weight is 1100 g/mol. The summed E-state index contributed by atoms with van der Waals surface area (Å²) in [5.74, 6) is -2.88. The number of carbonyl (C=O) groups excluding carboxylic acids is 6. The van der Waals surface area contributed by atoms with E-state index in [0.717, 1.165) is 42.7 Å². The average Bonchev–Trinajstić information content (AvgIpc) is 4.14. The Bertz CT molecular complexity index is 3020. The molecule has 1 unspecified atom stereocenters. The number of aliphatic hydroxyl groups is 2. The van der Waals surface area contributed by atoms with Gasteiger partial charge in [-0.1, -0.05) is 68.8 Å². The zero-order valence-corrected chi connectivity index (χ0v) is 45.8. The minimum Gasteiger partial charge on any atom is -0.391 e. The zero-order valence-electron chi connectivity index (χ0n) is 43.4. The second-order valence-electron chi connectivity index (χ2n) is 20.3. The van der Waals surface area contributed by atoms with E-state index in [9.17, 15) is 39.0 Å². The summed E-state index contributed by atoms with van der Waals surface area (Å²) < 4.78 is 7.52. The van der Waals surface area contributed by atoms with Gasteiger partial charge in [-0.25, -0.2) is 4.98 Å². The van der Waals surface area contributed by atoms with Gasteiger partial charge in [0, 0.05) is 47.1 Å². The summed E-state index contributed by atoms with van der Waals surface area (Å²) in [6.07, 6.45) is -3.05. The van der Waals surface area contributed by atoms with Crippen molar-refractivity contribution in [3.63, 3.8) is 0 Å². The predicted octanol–water partition coefficient (Wildman–Crippen LogP) is 3.02. The summed E-state index contributed by atoms with van der Waals surface area (Å²) in [6.45, 7) is 13.2. The topological polar surface area (TPSA) is 283 Å². The van der Waals surface area contributed by atoms with Crippen LogP contribution in [0.1, 0.15) is 97.1 Å². The molecule has 6 heterocycles. The number of thiazole rings is 1. The molecular formula is C52H63ClN12O9S2. The van der Waals surface area contributed by atoms with Crippen LogP contribution in [0.15, 0.2) is 59.0 Å². The van der Waals surface area contributed by atoms with E-state index in [1.807, 2.05) is 44.4 Å². The molecule has 8 atom stereocenters. The van der Waals surface area contributed by atoms with Crippen molar-refractivity contribution in [1.29, 1.82) is 0 Å². The van der Waals surface area contributed by atoms with Gasteiger partial charge in [0.2, 0.25) is 35.4 Å². The minimum absolute atomic E-state index is 0.102. The predicted molar refractivity (Wildman–Crippen MR) is 286 cm³/mol. The van der Waals surface area contributed by atoms with Gasteiger partial charge in [-0.15, -0.1) is 32.9 Å². The number of carbonyl (C=O) groups is 6. The first-order valence-corrected chi connectivity index (χ1v) is 27.0. The smallest absolute Gasteiger partial charge is 0.247 e. The fourth-order valence-electron chi connectivity index (χ4n) is 9.36. The number of hydrogen-bond donors (Lipinski definition) is 8. The molecule has 2 aromatic carbocycles. The maximum atomic E-state index is 14.5. The second-order valence-corrected chi connectivity index (χ2v) is 22.8. The van der Waals surface area contributed by atoms with Crippen molar-refractivity contribution < 1.29 is 43.7 Å². The molecular weight excluding hydrogens is 1040 g/mol. The SMILES string of the molecule is Cc1ncsc1-c1ccc([C@@H]2NC(=O)[C@@H]3C[C@@H](O)CN3C(=O)[C@H](C(C)(C)C)NC(=O)COCCNC(=O)[C@@H](CNC(=O)C[C@@H]3N=C(c4ccc(Cl)cc4)c4c(sc(C)c4C)-n4c(C)nnc43)NC(O)[C@H](C)NC2=O)cc1. The highest BCUT2D eigenvalue weighted by Crippen LogP contribution is 2.40. The number of nitrogens with one attached hydrogen (secondary N) is 6. The number of benzene rings is 2. The van der Waals surface area contributed by atoms with Crippen molar-refractivity contribution in [2.45, 2.75) is 117 Å². The number of aromatic nitrogens is 4. The largest absolute Gasteiger partial charge is 0.391 e. The van der Waals surface area contributed by atoms with Crippen LogP contribution in [0.25, 0.3) is 15.4 Å². The molecule has 404 valence electrons. The highest BCUT2D eigenvalue weighted by molar-refractivity contribution is 7.15. The lowest BCUT2D eigenvalue weighted by atomic mass is 9.85. The first-order chi connectivity index (χ1) is 36.1. The number of thiophene rings is 1. The van der Waals surface area contributed by atoms with Crippen molar-refractivity contribution in [2.24, 2.45) is 10.4 Å². The van der Waals surface area contributed by atoms with Crippen LogP contribution in [0.2, 0.25) is 5.02 Å². The van der Waals surface area contributed by atoms with Crippen LogP contribution < -0.4 is 31.9 Å². The molecule has 0 saturated carbocycles. The number of ether oxygens (including phenoxy) is 1. The van der Waals surface area contributed by atoms with Crippen LogP contribution in [0.5, 0.6) is 0 Å². The van der Waals surface area contributed by atoms with E-state index in [4.69, 9.17) is 21.3 Å². The van der Waals surface area contributed by atoms with Crippen LogP contribution in [0.4, 0.5) is 0 Å². The molecule has 3 aliphatic rings. The Morgan fingerprint density at radius 3 is 2.32 bits per heavy atom. The highest BCUT2D eigenvalue weighted by Gasteiger charge is 2.45. The molecule has 24 heteroatoms. The molecule has 0 aliphatic carbocycles. The monoisotopic (exact) mass is 1100 g/mol. The number of nitrogens with zero attached hydrogens (tertiary/aromatic N) is 6. The fraction of sp³-hybridized carbons (Fsp3) is 0.462. The summed E-state index contributed by atoms with van der Waals surface area (Å²) >= 11 is 9.31. The summed E-state index contributed by atoms with van der Waals surface area (Å²) in [7, 11) is 0. The van der Waals surface area contributed by atoms with E-state index < -0.39 is 96.0 Å². The van der Waals surface area contributed by atoms with Gasteiger partial charge in [-0.05, 0) is 68.9 Å². The van der Waals surface area contributed by atoms with Gasteiger partial charge in [0.15, 0.2) is 5.82 Å². The van der Waals surface area contributed by atoms with Gasteiger partial charge in [0.05, 0.1) is 47.0 Å². The Balaban J connectivity index is 1.06. The second kappa shape index (κ2) is 23.4. The number of fused-ring (bicyclic) bond motifs is 4. The van der Waals surface area contributed by atoms with Crippen LogP contribution in [-0.4, -0.2) is 145 Å². The first-order valence-electron chi connectivity index (χ1n) is 24.9. The molecule has 6 amide bonds. The van der Waals surface area contributed by atoms with E-state index >= 15 is 0 Å². The molecule has 76 heavy (non-hydrogen) atoms. The van der Waals surface area contributed by atoms with Crippen LogP contribution in [0.3, 0.4) is 0 Å². The van der Waals surface area contributed by atoms with Crippen LogP contribution in [-0.2, 0) is 33.5 Å². The van der Waals surface area contributed by atoms with Gasteiger partial charge in [-0.3, -0.25) is 43.6 Å². The van der Waals surface area contributed by atoms with Gasteiger partial charge in [-0.2, -0.15) is 0 Å². The summed E-state index contributed by atoms with van der Waals surface area (Å²) in [5, 5.41) is 49.5. The van der Waals surface area contributed by atoms with Crippen molar-refractivity contribution >= 4 is 75.4 Å². The fourth-order valence-corrected chi connectivity index (χ4v) is 11.5. The van der Waals surface area contributed by atoms with E-state index in [-0.39, 0.29) is 39.1 Å². The summed E-state index contributed by atoms with van der Waals surface area (Å²) in [5.41, 5.74) is 6.18. The lowest BCUT2D eigenvalue weighted by molar-refractivity contribution is -0.145. The zero-order chi connectivity index (χ0) is 54.7. The van der Waals surface area contributed by atoms with E-state index in [1.54, 1.807) is 74.0 Å². The number of aliphatic imine (C=N–C) groups is 1. The Kier molecular flexibility index (Phi) is 17.2. The Hall–Kier alpha value is -6.47. The third kappa shape index (κ3) is 12.4. The molecule has 2 saturated heterocycles. The number of hydrogen-bond acceptors (Lipinski definition) is 16. The third-order valence-electron chi connectivity index (χ3n) is 13.6. The van der Waals surface area contributed by atoms with Crippen molar-refractivity contribution in [2.75, 3.05) is 32.8 Å². The maximum absolute atomic E-state index is 14.5. The minimum atomic E-state index is -1.62. The van der Waals surface area contributed by atoms with Crippen LogP contribution >= 0.6 is 34.3 Å². The Morgan fingerprint density at radius 2 is 1.63 bits per heavy atom. The lowest BCUT2D eigenvalue weighted by Crippen LogP contribution is -2.60. The Morgan fingerprint density at radius 1 is 0.921 bits per heavy atom. The molecule has 0 radical (unpaired) electrons. The quantitative estimate of drug-likeness (QED) is 0.117. The molecule has 5 aromatic rings. The van der Waals surface area contributed by atoms with Gasteiger partial charge in [0.1, 0.15) is 53.9 Å². The lowest BCUT2D eigenvalue weighted by Gasteiger charge is -2.35. The number of rotatable bonds is 7. The standard InChI is InChI=1S/C52H63ClN12O9S2/c1-25-28(4)76-51-40(25)41(30-13-15-33(53)16-14-30)58-35(45-63-62-29(5)65(45)51)20-38(67)55-21-36-47(70)54-17-18-74-23-39(68)60-44(52(6,7)8)50(73)64-22-34(66)19-37(64)48(71)61-42(49(72)57-27(3)46(69)59-36)31-9-11-32(12-10-31)43-26(2)56-24-75-43/h9-16,24,27,34-37,42,44,46,59,66,69H,17-23H2,1-8H3,(H,54,70)(H,55,67)(H,57,72)(H,60,68)(H,61,71)/t27-,34+,35-,36+,37-,42-,44+,46?/m0/s1. The third-order valence-corrected chi connectivity index (χ3v) is 16.1. The number of amides is 6. The molecule has 8 N–H and O–H groups in total. The molecule has 2 fully saturated rings. The van der Waals surface area contributed by atoms with E-state index in [1.165, 1.54) is 23.2 Å². The number of aryl methyl sites for hydroxylation is 3. The van der Waals surface area contributed by atoms with Crippen molar-refractivity contribution in [3.8, 4) is 15.4 Å². The normalized spacial score (nSPS) is 24.4. The summed E-state index contributed by atoms with van der Waals surface area (Å²) in [6, 6.07) is 7.17. The van der Waals surface area contributed by atoms with Gasteiger partial charge >= 0.3 is 0 Å². The van der Waals surface area contributed by atoms with Crippen LogP contribution in [0, 0.1) is 33.1 Å². The van der Waals surface area contributed by atoms with Gasteiger partial charge < -0.3 is 46.4 Å². The van der Waals surface area contributed by atoms with E-state index in [0.29, 0.717) is 27.9 Å². The molecule has 0 bridgehead atoms. The molecule has 8 rings (SSSR count). The molecule has 21 nitrogen and oxygen atoms in total. The maximum Gasteiger partial charge on any atom is 0.247 e. The first kappa shape index (κ1) is 55.8. The van der Waals surface area contributed by atoms with Crippen molar-refractivity contribution in [1.82, 2.24) is 56.5 Å². The van der Waals surface area contributed by atoms with Gasteiger partial charge in [0.25, 0.3) is 0 Å². The molecule has 0 spiro atoms. The molecule has 3 aromatic heterocycles. The molecule has 3 aliphatic heterocycles.